The maximum atomic E-state index is 11.7. The molecule has 0 saturated heterocycles. The van der Waals surface area contributed by atoms with Gasteiger partial charge in [-0.1, -0.05) is 48.0 Å². The van der Waals surface area contributed by atoms with E-state index in [1.165, 1.54) is 19.2 Å². The molecule has 1 unspecified atom stereocenters. The fourth-order valence-corrected chi connectivity index (χ4v) is 2.97. The van der Waals surface area contributed by atoms with E-state index < -0.39 is 34.1 Å². The van der Waals surface area contributed by atoms with Gasteiger partial charge in [-0.3, -0.25) is 14.1 Å². The van der Waals surface area contributed by atoms with Crippen molar-refractivity contribution >= 4 is 22.1 Å². The Morgan fingerprint density at radius 2 is 1.47 bits per heavy atom. The molecule has 0 aliphatic heterocycles. The minimum absolute atomic E-state index is 0.0666. The SMILES string of the molecule is COC(=O)[C@@H](N)CCCC(N)C(=O)OCc1ccccc1.Cc1ccc(S(=O)(=O)O)cc1. The molecular formula is C22H30N2O7S. The van der Waals surface area contributed by atoms with E-state index in [1.807, 2.05) is 37.3 Å². The minimum Gasteiger partial charge on any atom is -0.468 e. The second kappa shape index (κ2) is 13.6. The number of ether oxygens (including phenoxy) is 2. The number of esters is 2. The Kier molecular flexibility index (Phi) is 11.6. The van der Waals surface area contributed by atoms with Crippen molar-refractivity contribution in [3.05, 3.63) is 65.7 Å². The van der Waals surface area contributed by atoms with Gasteiger partial charge in [-0.2, -0.15) is 8.42 Å². The van der Waals surface area contributed by atoms with E-state index >= 15 is 0 Å². The smallest absolute Gasteiger partial charge is 0.323 e. The van der Waals surface area contributed by atoms with Crippen molar-refractivity contribution in [3.63, 3.8) is 0 Å². The quantitative estimate of drug-likeness (QED) is 0.371. The van der Waals surface area contributed by atoms with Crippen LogP contribution in [0.3, 0.4) is 0 Å². The van der Waals surface area contributed by atoms with Crippen LogP contribution in [-0.2, 0) is 35.8 Å². The van der Waals surface area contributed by atoms with E-state index in [9.17, 15) is 18.0 Å². The molecule has 0 fully saturated rings. The first-order valence-corrected chi connectivity index (χ1v) is 11.3. The van der Waals surface area contributed by atoms with Crippen LogP contribution in [0.2, 0.25) is 0 Å². The largest absolute Gasteiger partial charge is 0.468 e. The molecule has 0 spiro atoms. The van der Waals surface area contributed by atoms with Gasteiger partial charge in [-0.05, 0) is 43.9 Å². The zero-order valence-corrected chi connectivity index (χ0v) is 19.0. The Hall–Kier alpha value is -2.79. The molecule has 0 aromatic heterocycles. The number of carbonyl (C=O) groups is 2. The molecular weight excluding hydrogens is 436 g/mol. The first kappa shape index (κ1) is 27.2. The molecule has 32 heavy (non-hydrogen) atoms. The number of hydrogen-bond acceptors (Lipinski definition) is 8. The van der Waals surface area contributed by atoms with Crippen molar-refractivity contribution < 1.29 is 32.0 Å². The molecule has 2 aromatic carbocycles. The van der Waals surface area contributed by atoms with Gasteiger partial charge in [-0.25, -0.2) is 0 Å². The van der Waals surface area contributed by atoms with Gasteiger partial charge in [0.25, 0.3) is 10.1 Å². The monoisotopic (exact) mass is 466 g/mol. The molecule has 0 amide bonds. The average molecular weight is 467 g/mol. The molecule has 2 atom stereocenters. The predicted octanol–water partition coefficient (Wildman–Crippen LogP) is 1.97. The topological polar surface area (TPSA) is 159 Å². The van der Waals surface area contributed by atoms with Crippen molar-refractivity contribution in [1.82, 2.24) is 0 Å². The predicted molar refractivity (Wildman–Crippen MR) is 119 cm³/mol. The van der Waals surface area contributed by atoms with Crippen molar-refractivity contribution in [1.29, 1.82) is 0 Å². The molecule has 0 aliphatic rings. The van der Waals surface area contributed by atoms with E-state index in [2.05, 4.69) is 4.74 Å². The van der Waals surface area contributed by atoms with Crippen LogP contribution in [0.25, 0.3) is 0 Å². The first-order valence-electron chi connectivity index (χ1n) is 9.88. The van der Waals surface area contributed by atoms with E-state index in [0.717, 1.165) is 11.1 Å². The van der Waals surface area contributed by atoms with Gasteiger partial charge < -0.3 is 20.9 Å². The lowest BCUT2D eigenvalue weighted by atomic mass is 10.1. The highest BCUT2D eigenvalue weighted by molar-refractivity contribution is 7.85. The molecule has 2 aromatic rings. The van der Waals surface area contributed by atoms with Crippen molar-refractivity contribution in [3.8, 4) is 0 Å². The lowest BCUT2D eigenvalue weighted by molar-refractivity contribution is -0.146. The summed E-state index contributed by atoms with van der Waals surface area (Å²) in [6, 6.07) is 14.0. The molecule has 10 heteroatoms. The summed E-state index contributed by atoms with van der Waals surface area (Å²) in [4.78, 5) is 22.8. The third kappa shape index (κ3) is 10.5. The normalized spacial score (nSPS) is 12.7. The van der Waals surface area contributed by atoms with Crippen LogP contribution < -0.4 is 11.5 Å². The van der Waals surface area contributed by atoms with Crippen LogP contribution in [0.15, 0.2) is 59.5 Å². The number of aryl methyl sites for hydroxylation is 1. The van der Waals surface area contributed by atoms with Gasteiger partial charge in [0.1, 0.15) is 18.7 Å². The summed E-state index contributed by atoms with van der Waals surface area (Å²) >= 11 is 0. The molecule has 0 heterocycles. The molecule has 5 N–H and O–H groups in total. The number of methoxy groups -OCH3 is 1. The summed E-state index contributed by atoms with van der Waals surface area (Å²) in [6.07, 6.45) is 1.39. The number of rotatable bonds is 9. The zero-order chi connectivity index (χ0) is 24.1. The summed E-state index contributed by atoms with van der Waals surface area (Å²) in [5.41, 5.74) is 13.2. The third-order valence-corrected chi connectivity index (χ3v) is 5.25. The number of hydrogen-bond donors (Lipinski definition) is 3. The highest BCUT2D eigenvalue weighted by Gasteiger charge is 2.18. The van der Waals surface area contributed by atoms with Gasteiger partial charge in [-0.15, -0.1) is 0 Å². The van der Waals surface area contributed by atoms with Crippen LogP contribution in [0.5, 0.6) is 0 Å². The fourth-order valence-electron chi connectivity index (χ4n) is 2.49. The second-order valence-corrected chi connectivity index (χ2v) is 8.47. The van der Waals surface area contributed by atoms with Crippen LogP contribution in [0.1, 0.15) is 30.4 Å². The maximum absolute atomic E-state index is 11.7. The maximum Gasteiger partial charge on any atom is 0.323 e. The van der Waals surface area contributed by atoms with E-state index in [-0.39, 0.29) is 11.5 Å². The lowest BCUT2D eigenvalue weighted by Crippen LogP contribution is -2.34. The van der Waals surface area contributed by atoms with Gasteiger partial charge >= 0.3 is 11.9 Å². The summed E-state index contributed by atoms with van der Waals surface area (Å²) in [5, 5.41) is 0. The fraction of sp³-hybridized carbons (Fsp3) is 0.364. The van der Waals surface area contributed by atoms with Gasteiger partial charge in [0.2, 0.25) is 0 Å². The Morgan fingerprint density at radius 1 is 0.938 bits per heavy atom. The molecule has 9 nitrogen and oxygen atoms in total. The number of benzene rings is 2. The van der Waals surface area contributed by atoms with Gasteiger partial charge in [0.15, 0.2) is 0 Å². The van der Waals surface area contributed by atoms with Crippen LogP contribution in [0, 0.1) is 6.92 Å². The molecule has 0 bridgehead atoms. The van der Waals surface area contributed by atoms with E-state index in [0.29, 0.717) is 19.3 Å². The van der Waals surface area contributed by atoms with Crippen molar-refractivity contribution in [2.24, 2.45) is 11.5 Å². The molecule has 0 aliphatic carbocycles. The highest BCUT2D eigenvalue weighted by atomic mass is 32.2. The van der Waals surface area contributed by atoms with Crippen molar-refractivity contribution in [2.75, 3.05) is 7.11 Å². The average Bonchev–Trinajstić information content (AvgIpc) is 2.77. The Labute approximate surface area is 188 Å². The third-order valence-electron chi connectivity index (χ3n) is 4.38. The lowest BCUT2D eigenvalue weighted by Gasteiger charge is -2.13. The minimum atomic E-state index is -4.02. The second-order valence-electron chi connectivity index (χ2n) is 7.05. The first-order chi connectivity index (χ1) is 15.0. The highest BCUT2D eigenvalue weighted by Crippen LogP contribution is 2.09. The summed E-state index contributed by atoms with van der Waals surface area (Å²) in [6.45, 7) is 2.04. The standard InChI is InChI=1S/C15H22N2O4.C7H8O3S/c1-20-14(18)12(16)8-5-9-13(17)15(19)21-10-11-6-3-2-4-7-11;1-6-2-4-7(5-3-6)11(8,9)10/h2-4,6-7,12-13H,5,8-10,16-17H2,1H3;2-5H,1H3,(H,8,9,10)/t12-,13?;/m0./s1. The Bertz CT molecular complexity index is 948. The van der Waals surface area contributed by atoms with E-state index in [4.69, 9.17) is 20.8 Å². The van der Waals surface area contributed by atoms with Crippen LogP contribution >= 0.6 is 0 Å². The molecule has 0 radical (unpaired) electrons. The van der Waals surface area contributed by atoms with Gasteiger partial charge in [0.05, 0.1) is 12.0 Å². The number of carbonyl (C=O) groups excluding carboxylic acids is 2. The molecule has 0 saturated carbocycles. The Morgan fingerprint density at radius 3 is 1.97 bits per heavy atom. The summed E-state index contributed by atoms with van der Waals surface area (Å²) in [7, 11) is -2.73. The zero-order valence-electron chi connectivity index (χ0n) is 18.1. The molecule has 176 valence electrons. The van der Waals surface area contributed by atoms with Crippen LogP contribution in [-0.4, -0.2) is 44.1 Å². The summed E-state index contributed by atoms with van der Waals surface area (Å²) < 4.78 is 39.2. The summed E-state index contributed by atoms with van der Waals surface area (Å²) in [5.74, 6) is -0.916. The van der Waals surface area contributed by atoms with Crippen LogP contribution in [0.4, 0.5) is 0 Å². The Balaban J connectivity index is 0.000000389. The molecule has 2 rings (SSSR count). The van der Waals surface area contributed by atoms with E-state index in [1.54, 1.807) is 12.1 Å². The van der Waals surface area contributed by atoms with Crippen molar-refractivity contribution in [2.45, 2.75) is 49.8 Å². The van der Waals surface area contributed by atoms with Gasteiger partial charge in [0, 0.05) is 0 Å². The number of nitrogens with two attached hydrogens (primary N) is 2.